The van der Waals surface area contributed by atoms with E-state index in [0.717, 1.165) is 70.3 Å². The molecule has 7 heteroatoms. The topological polar surface area (TPSA) is 39.6 Å². The van der Waals surface area contributed by atoms with Crippen LogP contribution in [0, 0.1) is 5.82 Å². The molecule has 6 nitrogen and oxygen atoms in total. The maximum Gasteiger partial charge on any atom is 0.146 e. The standard InChI is InChI=1S/C33H39FN6/c34-31-11-5-6-12-32(31)39-23-21-37(22-24-39)20-16-35-26-28-15-19-40(36-28)33-25-29(38-17-7-2-8-18-38)13-14-30(33)27-9-3-1-4-10-27/h1,3-6,9-15,19,25,35H,2,7-8,16-18,20-24,26H2. The SMILES string of the molecule is Fc1ccccc1N1CCN(CCNCc2ccn(-c3cc(N4CCCCC4)ccc3-c3ccccc3)n2)CC1. The Labute approximate surface area is 237 Å². The Balaban J connectivity index is 1.06. The number of hydrogen-bond acceptors (Lipinski definition) is 5. The number of para-hydroxylation sites is 1. The van der Waals surface area contributed by atoms with Crippen LogP contribution in [0.1, 0.15) is 25.0 Å². The normalized spacial score (nSPS) is 16.4. The molecule has 40 heavy (non-hydrogen) atoms. The second-order valence-corrected chi connectivity index (χ2v) is 10.8. The van der Waals surface area contributed by atoms with Crippen LogP contribution in [0.3, 0.4) is 0 Å². The van der Waals surface area contributed by atoms with Gasteiger partial charge < -0.3 is 15.1 Å². The lowest BCUT2D eigenvalue weighted by atomic mass is 10.0. The van der Waals surface area contributed by atoms with Crippen molar-refractivity contribution < 1.29 is 4.39 Å². The van der Waals surface area contributed by atoms with Crippen molar-refractivity contribution in [3.63, 3.8) is 0 Å². The number of rotatable bonds is 9. The summed E-state index contributed by atoms with van der Waals surface area (Å²) in [6, 6.07) is 26.6. The van der Waals surface area contributed by atoms with Crippen LogP contribution < -0.4 is 15.1 Å². The molecular weight excluding hydrogens is 499 g/mol. The van der Waals surface area contributed by atoms with Crippen molar-refractivity contribution in [1.29, 1.82) is 0 Å². The number of benzene rings is 3. The van der Waals surface area contributed by atoms with Gasteiger partial charge in [0.25, 0.3) is 0 Å². The van der Waals surface area contributed by atoms with Gasteiger partial charge in [-0.15, -0.1) is 0 Å². The van der Waals surface area contributed by atoms with Gasteiger partial charge in [0.05, 0.1) is 17.1 Å². The van der Waals surface area contributed by atoms with Crippen LogP contribution in [0.4, 0.5) is 15.8 Å². The first-order chi connectivity index (χ1) is 19.7. The minimum atomic E-state index is -0.133. The van der Waals surface area contributed by atoms with Gasteiger partial charge in [0, 0.05) is 76.4 Å². The van der Waals surface area contributed by atoms with Gasteiger partial charge in [-0.25, -0.2) is 9.07 Å². The molecule has 0 saturated carbocycles. The van der Waals surface area contributed by atoms with E-state index < -0.39 is 0 Å². The van der Waals surface area contributed by atoms with E-state index in [2.05, 4.69) is 80.8 Å². The summed E-state index contributed by atoms with van der Waals surface area (Å²) in [7, 11) is 0. The van der Waals surface area contributed by atoms with Gasteiger partial charge in [0.1, 0.15) is 5.82 Å². The van der Waals surface area contributed by atoms with Gasteiger partial charge in [-0.1, -0.05) is 48.5 Å². The average Bonchev–Trinajstić information content (AvgIpc) is 3.49. The maximum absolute atomic E-state index is 14.1. The van der Waals surface area contributed by atoms with Gasteiger partial charge in [-0.3, -0.25) is 4.90 Å². The molecule has 2 saturated heterocycles. The smallest absolute Gasteiger partial charge is 0.146 e. The highest BCUT2D eigenvalue weighted by atomic mass is 19.1. The molecule has 0 unspecified atom stereocenters. The molecular formula is C33H39FN6. The first-order valence-corrected chi connectivity index (χ1v) is 14.7. The zero-order valence-corrected chi connectivity index (χ0v) is 23.2. The van der Waals surface area contributed by atoms with Crippen LogP contribution in [0.5, 0.6) is 0 Å². The maximum atomic E-state index is 14.1. The minimum Gasteiger partial charge on any atom is -0.371 e. The van der Waals surface area contributed by atoms with Gasteiger partial charge in [-0.05, 0) is 55.2 Å². The van der Waals surface area contributed by atoms with Crippen LogP contribution in [-0.2, 0) is 6.54 Å². The van der Waals surface area contributed by atoms with Crippen LogP contribution in [0.2, 0.25) is 0 Å². The van der Waals surface area contributed by atoms with E-state index in [1.54, 1.807) is 12.1 Å². The zero-order chi connectivity index (χ0) is 27.1. The molecule has 4 aromatic rings. The highest BCUT2D eigenvalue weighted by molar-refractivity contribution is 5.76. The Morgan fingerprint density at radius 3 is 2.30 bits per heavy atom. The summed E-state index contributed by atoms with van der Waals surface area (Å²) in [4.78, 5) is 7.10. The lowest BCUT2D eigenvalue weighted by Crippen LogP contribution is -2.48. The van der Waals surface area contributed by atoms with Gasteiger partial charge in [-0.2, -0.15) is 5.10 Å². The van der Waals surface area contributed by atoms with E-state index in [1.807, 2.05) is 16.8 Å². The number of piperazine rings is 1. The van der Waals surface area contributed by atoms with Crippen LogP contribution >= 0.6 is 0 Å². The molecule has 0 aliphatic carbocycles. The molecule has 0 bridgehead atoms. The molecule has 1 aromatic heterocycles. The first-order valence-electron chi connectivity index (χ1n) is 14.7. The monoisotopic (exact) mass is 538 g/mol. The molecule has 0 radical (unpaired) electrons. The number of piperidine rings is 1. The Morgan fingerprint density at radius 1 is 0.725 bits per heavy atom. The number of halogens is 1. The van der Waals surface area contributed by atoms with E-state index in [4.69, 9.17) is 5.10 Å². The summed E-state index contributed by atoms with van der Waals surface area (Å²) in [6.45, 7) is 8.44. The van der Waals surface area contributed by atoms with Gasteiger partial charge >= 0.3 is 0 Å². The molecule has 2 aliphatic heterocycles. The lowest BCUT2D eigenvalue weighted by Gasteiger charge is -2.36. The molecule has 0 spiro atoms. The summed E-state index contributed by atoms with van der Waals surface area (Å²) in [5.41, 5.74) is 6.54. The molecule has 208 valence electrons. The molecule has 0 atom stereocenters. The Hall–Kier alpha value is -3.68. The molecule has 1 N–H and O–H groups in total. The van der Waals surface area contributed by atoms with E-state index in [0.29, 0.717) is 5.69 Å². The fourth-order valence-electron chi connectivity index (χ4n) is 5.88. The van der Waals surface area contributed by atoms with E-state index in [9.17, 15) is 4.39 Å². The molecule has 0 amide bonds. The van der Waals surface area contributed by atoms with Crippen molar-refractivity contribution in [3.05, 3.63) is 96.6 Å². The van der Waals surface area contributed by atoms with Crippen molar-refractivity contribution in [1.82, 2.24) is 20.0 Å². The van der Waals surface area contributed by atoms with Crippen molar-refractivity contribution in [2.24, 2.45) is 0 Å². The molecule has 3 aromatic carbocycles. The molecule has 2 fully saturated rings. The van der Waals surface area contributed by atoms with Gasteiger partial charge in [0.2, 0.25) is 0 Å². The van der Waals surface area contributed by atoms with Gasteiger partial charge in [0.15, 0.2) is 0 Å². The third-order valence-electron chi connectivity index (χ3n) is 8.15. The number of anilines is 2. The van der Waals surface area contributed by atoms with Crippen molar-refractivity contribution in [2.45, 2.75) is 25.8 Å². The van der Waals surface area contributed by atoms with Crippen molar-refractivity contribution >= 4 is 11.4 Å². The third-order valence-corrected chi connectivity index (χ3v) is 8.15. The number of hydrogen-bond donors (Lipinski definition) is 1. The van der Waals surface area contributed by atoms with E-state index in [1.165, 1.54) is 36.1 Å². The number of nitrogens with one attached hydrogen (secondary N) is 1. The summed E-state index contributed by atoms with van der Waals surface area (Å²) in [5, 5.41) is 8.54. The zero-order valence-electron chi connectivity index (χ0n) is 23.2. The van der Waals surface area contributed by atoms with Crippen LogP contribution in [0.25, 0.3) is 16.8 Å². The fraction of sp³-hybridized carbons (Fsp3) is 0.364. The Bertz CT molecular complexity index is 1370. The highest BCUT2D eigenvalue weighted by Crippen LogP contribution is 2.31. The lowest BCUT2D eigenvalue weighted by molar-refractivity contribution is 0.256. The average molecular weight is 539 g/mol. The van der Waals surface area contributed by atoms with Crippen LogP contribution in [0.15, 0.2) is 85.1 Å². The third kappa shape index (κ3) is 6.21. The predicted molar refractivity (Wildman–Crippen MR) is 162 cm³/mol. The summed E-state index contributed by atoms with van der Waals surface area (Å²) in [6.07, 6.45) is 5.93. The van der Waals surface area contributed by atoms with Crippen molar-refractivity contribution in [3.8, 4) is 16.8 Å². The first kappa shape index (κ1) is 26.5. The Kier molecular flexibility index (Phi) is 8.40. The minimum absolute atomic E-state index is 0.133. The second kappa shape index (κ2) is 12.7. The van der Waals surface area contributed by atoms with E-state index in [-0.39, 0.29) is 5.82 Å². The second-order valence-electron chi connectivity index (χ2n) is 10.8. The van der Waals surface area contributed by atoms with Crippen molar-refractivity contribution in [2.75, 3.05) is 62.2 Å². The summed E-state index contributed by atoms with van der Waals surface area (Å²) < 4.78 is 16.2. The summed E-state index contributed by atoms with van der Waals surface area (Å²) >= 11 is 0. The van der Waals surface area contributed by atoms with E-state index >= 15 is 0 Å². The predicted octanol–water partition coefficient (Wildman–Crippen LogP) is 5.58. The summed E-state index contributed by atoms with van der Waals surface area (Å²) in [5.74, 6) is -0.133. The molecule has 3 heterocycles. The Morgan fingerprint density at radius 2 is 1.50 bits per heavy atom. The molecule has 2 aliphatic rings. The van der Waals surface area contributed by atoms with Crippen LogP contribution in [-0.4, -0.2) is 67.0 Å². The number of nitrogens with zero attached hydrogens (tertiary/aromatic N) is 5. The number of aromatic nitrogens is 2. The highest BCUT2D eigenvalue weighted by Gasteiger charge is 2.19. The molecule has 6 rings (SSSR count). The fourth-order valence-corrected chi connectivity index (χ4v) is 5.88. The largest absolute Gasteiger partial charge is 0.371 e. The quantitative estimate of drug-likeness (QED) is 0.282.